The molecule has 0 bridgehead atoms. The van der Waals surface area contributed by atoms with Crippen LogP contribution in [0.4, 0.5) is 0 Å². The van der Waals surface area contributed by atoms with Crippen LogP contribution in [0.3, 0.4) is 0 Å². The Balaban J connectivity index is 1.96. The lowest BCUT2D eigenvalue weighted by molar-refractivity contribution is 0.304. The van der Waals surface area contributed by atoms with Crippen LogP contribution in [0.5, 0.6) is 5.88 Å². The smallest absolute Gasteiger partial charge is 0.237 e. The second-order valence-corrected chi connectivity index (χ2v) is 8.45. The molecule has 7 heteroatoms. The molecule has 1 saturated heterocycles. The van der Waals surface area contributed by atoms with Gasteiger partial charge >= 0.3 is 0 Å². The SMILES string of the molecule is COc1nc2ccc(Cl)cc2nc1[C@@H](C)N1[C@@H](C(C)C(C)C)[S@@+]1[O-]. The molecule has 5 atom stereocenters. The van der Waals surface area contributed by atoms with Gasteiger partial charge in [-0.15, -0.1) is 0 Å². The van der Waals surface area contributed by atoms with Crippen LogP contribution in [0, 0.1) is 11.8 Å². The van der Waals surface area contributed by atoms with E-state index in [-0.39, 0.29) is 11.4 Å². The predicted octanol–water partition coefficient (Wildman–Crippen LogP) is 3.95. The fourth-order valence-electron chi connectivity index (χ4n) is 2.85. The molecule has 1 aliphatic heterocycles. The first kappa shape index (κ1) is 17.7. The van der Waals surface area contributed by atoms with Gasteiger partial charge in [-0.25, -0.2) is 9.97 Å². The summed E-state index contributed by atoms with van der Waals surface area (Å²) in [6, 6.07) is 5.25. The van der Waals surface area contributed by atoms with Crippen LogP contribution < -0.4 is 4.74 Å². The fourth-order valence-corrected chi connectivity index (χ4v) is 4.92. The lowest BCUT2D eigenvalue weighted by Gasteiger charge is -2.14. The van der Waals surface area contributed by atoms with Crippen molar-refractivity contribution in [1.82, 2.24) is 14.3 Å². The van der Waals surface area contributed by atoms with Crippen molar-refractivity contribution in [2.24, 2.45) is 11.8 Å². The molecule has 1 fully saturated rings. The van der Waals surface area contributed by atoms with Gasteiger partial charge in [0.2, 0.25) is 11.3 Å². The minimum absolute atomic E-state index is 0.0570. The summed E-state index contributed by atoms with van der Waals surface area (Å²) in [7, 11) is 1.58. The van der Waals surface area contributed by atoms with Gasteiger partial charge in [0.05, 0.1) is 29.5 Å². The summed E-state index contributed by atoms with van der Waals surface area (Å²) in [5, 5.41) is 0.670. The molecule has 0 N–H and O–H groups in total. The van der Waals surface area contributed by atoms with Crippen LogP contribution in [-0.2, 0) is 11.4 Å². The van der Waals surface area contributed by atoms with Gasteiger partial charge in [0.15, 0.2) is 0 Å². The molecular weight excluding hydrogens is 346 g/mol. The van der Waals surface area contributed by atoms with Gasteiger partial charge < -0.3 is 9.29 Å². The highest BCUT2D eigenvalue weighted by atomic mass is 35.5. The lowest BCUT2D eigenvalue weighted by Crippen LogP contribution is -2.19. The molecule has 0 spiro atoms. The highest BCUT2D eigenvalue weighted by Crippen LogP contribution is 2.47. The zero-order valence-corrected chi connectivity index (χ0v) is 16.1. The van der Waals surface area contributed by atoms with Crippen molar-refractivity contribution in [3.05, 3.63) is 28.9 Å². The molecule has 2 heterocycles. The lowest BCUT2D eigenvalue weighted by atomic mass is 9.97. The third-order valence-electron chi connectivity index (χ3n) is 4.71. The number of hydrogen-bond acceptors (Lipinski definition) is 5. The second kappa shape index (κ2) is 6.67. The van der Waals surface area contributed by atoms with E-state index in [0.29, 0.717) is 33.9 Å². The largest absolute Gasteiger partial charge is 0.596 e. The number of benzene rings is 1. The van der Waals surface area contributed by atoms with E-state index < -0.39 is 11.4 Å². The minimum Gasteiger partial charge on any atom is -0.596 e. The molecule has 24 heavy (non-hydrogen) atoms. The number of methoxy groups -OCH3 is 1. The van der Waals surface area contributed by atoms with E-state index in [2.05, 4.69) is 25.8 Å². The summed E-state index contributed by atoms with van der Waals surface area (Å²) >= 11 is 5.08. The van der Waals surface area contributed by atoms with Crippen LogP contribution in [0.1, 0.15) is 39.4 Å². The summed E-state index contributed by atoms with van der Waals surface area (Å²) < 4.78 is 19.8. The molecule has 0 saturated carbocycles. The van der Waals surface area contributed by atoms with Crippen molar-refractivity contribution in [2.75, 3.05) is 7.11 Å². The zero-order chi connectivity index (χ0) is 17.6. The van der Waals surface area contributed by atoms with E-state index in [1.54, 1.807) is 19.2 Å². The predicted molar refractivity (Wildman–Crippen MR) is 97.3 cm³/mol. The summed E-state index contributed by atoms with van der Waals surface area (Å²) in [5.41, 5.74) is 2.14. The summed E-state index contributed by atoms with van der Waals surface area (Å²) in [6.07, 6.45) is 0. The molecule has 2 aromatic rings. The van der Waals surface area contributed by atoms with E-state index in [4.69, 9.17) is 21.3 Å². The Hall–Kier alpha value is -1.08. The minimum atomic E-state index is -0.982. The van der Waals surface area contributed by atoms with Gasteiger partial charge in [0.25, 0.3) is 0 Å². The number of halogens is 1. The second-order valence-electron chi connectivity index (χ2n) is 6.56. The number of hydrogen-bond donors (Lipinski definition) is 0. The maximum Gasteiger partial charge on any atom is 0.237 e. The molecule has 1 aromatic carbocycles. The van der Waals surface area contributed by atoms with Crippen molar-refractivity contribution in [3.8, 4) is 5.88 Å². The summed E-state index contributed by atoms with van der Waals surface area (Å²) in [5.74, 6) is 1.29. The number of nitrogens with zero attached hydrogens (tertiary/aromatic N) is 3. The Bertz CT molecular complexity index is 758. The molecule has 3 rings (SSSR count). The highest BCUT2D eigenvalue weighted by molar-refractivity contribution is 7.96. The van der Waals surface area contributed by atoms with Gasteiger partial charge in [-0.2, -0.15) is 0 Å². The van der Waals surface area contributed by atoms with E-state index in [9.17, 15) is 4.55 Å². The number of rotatable bonds is 5. The van der Waals surface area contributed by atoms with Crippen LogP contribution in [0.15, 0.2) is 18.2 Å². The van der Waals surface area contributed by atoms with Crippen molar-refractivity contribution < 1.29 is 9.29 Å². The van der Waals surface area contributed by atoms with Crippen LogP contribution in [0.25, 0.3) is 11.0 Å². The molecule has 5 nitrogen and oxygen atoms in total. The van der Waals surface area contributed by atoms with E-state index in [1.165, 1.54) is 0 Å². The Morgan fingerprint density at radius 3 is 2.54 bits per heavy atom. The van der Waals surface area contributed by atoms with Crippen LogP contribution >= 0.6 is 11.6 Å². The average molecular weight is 368 g/mol. The Morgan fingerprint density at radius 2 is 1.92 bits per heavy atom. The Morgan fingerprint density at radius 1 is 1.21 bits per heavy atom. The fraction of sp³-hybridized carbons (Fsp3) is 0.529. The number of fused-ring (bicyclic) bond motifs is 1. The van der Waals surface area contributed by atoms with E-state index in [1.807, 2.05) is 17.3 Å². The molecular formula is C17H22ClN3O2S. The molecule has 130 valence electrons. The van der Waals surface area contributed by atoms with Gasteiger partial charge in [0.1, 0.15) is 11.7 Å². The monoisotopic (exact) mass is 367 g/mol. The molecule has 0 amide bonds. The maximum absolute atomic E-state index is 12.4. The van der Waals surface area contributed by atoms with Crippen LogP contribution in [0.2, 0.25) is 5.02 Å². The first-order valence-electron chi connectivity index (χ1n) is 8.05. The van der Waals surface area contributed by atoms with Gasteiger partial charge in [-0.3, -0.25) is 0 Å². The van der Waals surface area contributed by atoms with Gasteiger partial charge in [-0.05, 0) is 31.0 Å². The van der Waals surface area contributed by atoms with Gasteiger partial charge in [0, 0.05) is 10.9 Å². The first-order chi connectivity index (χ1) is 11.3. The van der Waals surface area contributed by atoms with E-state index >= 15 is 0 Å². The van der Waals surface area contributed by atoms with Gasteiger partial charge in [-0.1, -0.05) is 36.7 Å². The van der Waals surface area contributed by atoms with Crippen molar-refractivity contribution in [1.29, 1.82) is 0 Å². The zero-order valence-electron chi connectivity index (χ0n) is 14.5. The molecule has 0 aliphatic carbocycles. The van der Waals surface area contributed by atoms with Crippen molar-refractivity contribution in [3.63, 3.8) is 0 Å². The summed E-state index contributed by atoms with van der Waals surface area (Å²) in [6.45, 7) is 8.44. The number of aromatic nitrogens is 2. The third-order valence-corrected chi connectivity index (χ3v) is 6.76. The van der Waals surface area contributed by atoms with Crippen molar-refractivity contribution in [2.45, 2.75) is 39.1 Å². The normalized spacial score (nSPS) is 25.8. The molecule has 0 radical (unpaired) electrons. The maximum atomic E-state index is 12.4. The standard InChI is InChI=1S/C17H22ClN3O2S/c1-9(2)10(3)17-21(24(17)22)11(4)15-16(23-5)20-13-7-6-12(18)8-14(13)19-15/h6-11,17H,1-5H3/t10?,11-,17-,21?,24-/m1/s1. The number of ether oxygens (including phenoxy) is 1. The third kappa shape index (κ3) is 3.08. The van der Waals surface area contributed by atoms with Crippen molar-refractivity contribution >= 4 is 34.0 Å². The Kier molecular flexibility index (Phi) is 4.93. The average Bonchev–Trinajstić information content (AvgIpc) is 3.22. The molecule has 2 unspecified atom stereocenters. The highest BCUT2D eigenvalue weighted by Gasteiger charge is 2.61. The summed E-state index contributed by atoms with van der Waals surface area (Å²) in [4.78, 5) is 9.22. The first-order valence-corrected chi connectivity index (χ1v) is 9.60. The topological polar surface area (TPSA) is 61.1 Å². The van der Waals surface area contributed by atoms with E-state index in [0.717, 1.165) is 5.52 Å². The quantitative estimate of drug-likeness (QED) is 0.591. The molecule has 1 aromatic heterocycles. The Labute approximate surface area is 150 Å². The molecule has 1 aliphatic rings. The van der Waals surface area contributed by atoms with Crippen LogP contribution in [-0.4, -0.2) is 31.3 Å².